The Labute approximate surface area is 253 Å². The molecule has 4 aliphatic rings. The fourth-order valence-electron chi connectivity index (χ4n) is 7.33. The molecule has 2 bridgehead atoms. The van der Waals surface area contributed by atoms with Crippen LogP contribution < -0.4 is 14.4 Å². The van der Waals surface area contributed by atoms with Gasteiger partial charge in [-0.2, -0.15) is 0 Å². The number of hydrogen-bond donors (Lipinski definition) is 2. The zero-order chi connectivity index (χ0) is 29.5. The van der Waals surface area contributed by atoms with Crippen LogP contribution in [0.4, 0.5) is 5.69 Å². The molecule has 1 amide bonds. The van der Waals surface area contributed by atoms with Crippen LogP contribution in [0.2, 0.25) is 5.02 Å². The topological polar surface area (TPSA) is 105 Å². The number of nitrogens with one attached hydrogen (secondary N) is 1. The van der Waals surface area contributed by atoms with E-state index >= 15 is 0 Å². The van der Waals surface area contributed by atoms with E-state index in [1.807, 2.05) is 12.1 Å². The summed E-state index contributed by atoms with van der Waals surface area (Å²) in [5, 5.41) is 11.9. The van der Waals surface area contributed by atoms with E-state index in [0.717, 1.165) is 42.8 Å². The minimum atomic E-state index is -3.93. The van der Waals surface area contributed by atoms with Gasteiger partial charge in [0.1, 0.15) is 5.75 Å². The number of carbonyl (C=O) groups excluding carboxylic acids is 1. The lowest BCUT2D eigenvalue weighted by atomic mass is 9.68. The van der Waals surface area contributed by atoms with Crippen molar-refractivity contribution in [2.45, 2.75) is 50.0 Å². The molecule has 10 heteroatoms. The highest BCUT2D eigenvalue weighted by molar-refractivity contribution is 7.90. The molecule has 5 atom stereocenters. The standard InChI is InChI=1S/C32H39ClN2O6S/c1-40-17-21-4-2-6-29(36)26-10-7-24(26)16-35-19-32(13-3-5-22-14-25(33)9-11-27(22)32)20-41-30-12-8-23(15-28(30)35)31(37)34-42(38,39)18-21/h2,6,8-9,11-12,14-15,21,24,26,29,36H,3-5,7,10,13,16-20H2,1H3,(H,34,37)/b6-2+/t21-,24+,26-,29+,32+/m1/s1. The van der Waals surface area contributed by atoms with Gasteiger partial charge in [-0.25, -0.2) is 13.1 Å². The lowest BCUT2D eigenvalue weighted by Crippen LogP contribution is -2.49. The number of aliphatic hydroxyl groups excluding tert-OH is 1. The molecule has 2 aliphatic heterocycles. The van der Waals surface area contributed by atoms with E-state index in [4.69, 9.17) is 21.1 Å². The van der Waals surface area contributed by atoms with Crippen LogP contribution in [0.3, 0.4) is 0 Å². The molecule has 226 valence electrons. The minimum absolute atomic E-state index is 0.103. The van der Waals surface area contributed by atoms with Crippen molar-refractivity contribution in [3.8, 4) is 5.75 Å². The fraction of sp³-hybridized carbons (Fsp3) is 0.531. The Morgan fingerprint density at radius 3 is 2.86 bits per heavy atom. The van der Waals surface area contributed by atoms with Gasteiger partial charge in [-0.1, -0.05) is 29.8 Å². The first-order valence-electron chi connectivity index (χ1n) is 14.9. The molecule has 1 saturated carbocycles. The lowest BCUT2D eigenvalue weighted by Gasteiger charge is -2.45. The number of aliphatic hydroxyl groups is 1. The predicted molar refractivity (Wildman–Crippen MR) is 163 cm³/mol. The second kappa shape index (κ2) is 11.8. The summed E-state index contributed by atoms with van der Waals surface area (Å²) in [5.41, 5.74) is 3.27. The first-order valence-corrected chi connectivity index (χ1v) is 16.9. The highest BCUT2D eigenvalue weighted by Crippen LogP contribution is 2.46. The third-order valence-electron chi connectivity index (χ3n) is 9.58. The zero-order valence-electron chi connectivity index (χ0n) is 23.9. The molecule has 0 saturated heterocycles. The van der Waals surface area contributed by atoms with E-state index in [-0.39, 0.29) is 41.1 Å². The van der Waals surface area contributed by atoms with Gasteiger partial charge in [0.15, 0.2) is 0 Å². The number of fused-ring (bicyclic) bond motifs is 4. The predicted octanol–water partition coefficient (Wildman–Crippen LogP) is 4.48. The maximum Gasteiger partial charge on any atom is 0.264 e. The molecule has 2 aromatic rings. The third-order valence-corrected chi connectivity index (χ3v) is 11.2. The molecule has 42 heavy (non-hydrogen) atoms. The van der Waals surface area contributed by atoms with Crippen LogP contribution in [0.15, 0.2) is 48.6 Å². The smallest absolute Gasteiger partial charge is 0.264 e. The summed E-state index contributed by atoms with van der Waals surface area (Å²) in [7, 11) is -2.41. The van der Waals surface area contributed by atoms with E-state index in [2.05, 4.69) is 21.8 Å². The molecule has 2 heterocycles. The summed E-state index contributed by atoms with van der Waals surface area (Å²) in [5.74, 6) is -0.234. The van der Waals surface area contributed by atoms with Crippen molar-refractivity contribution in [3.63, 3.8) is 0 Å². The number of nitrogens with zero attached hydrogens (tertiary/aromatic N) is 1. The van der Waals surface area contributed by atoms with Gasteiger partial charge in [-0.3, -0.25) is 4.79 Å². The monoisotopic (exact) mass is 614 g/mol. The summed E-state index contributed by atoms with van der Waals surface area (Å²) >= 11 is 6.38. The molecule has 2 N–H and O–H groups in total. The van der Waals surface area contributed by atoms with Crippen molar-refractivity contribution in [1.29, 1.82) is 0 Å². The first kappa shape index (κ1) is 29.5. The number of halogens is 1. The second-order valence-corrected chi connectivity index (χ2v) is 14.7. The number of allylic oxidation sites excluding steroid dienone is 1. The van der Waals surface area contributed by atoms with Crippen LogP contribution in [0, 0.1) is 17.8 Å². The zero-order valence-corrected chi connectivity index (χ0v) is 25.5. The van der Waals surface area contributed by atoms with Gasteiger partial charge in [0, 0.05) is 42.1 Å². The molecule has 0 radical (unpaired) electrons. The van der Waals surface area contributed by atoms with Crippen LogP contribution in [0.25, 0.3) is 0 Å². The first-order chi connectivity index (χ1) is 20.2. The van der Waals surface area contributed by atoms with Gasteiger partial charge >= 0.3 is 0 Å². The van der Waals surface area contributed by atoms with Crippen molar-refractivity contribution in [2.24, 2.45) is 17.8 Å². The van der Waals surface area contributed by atoms with Gasteiger partial charge in [-0.05, 0) is 91.8 Å². The van der Waals surface area contributed by atoms with Crippen LogP contribution in [-0.4, -0.2) is 64.7 Å². The molecule has 2 aliphatic carbocycles. The van der Waals surface area contributed by atoms with Gasteiger partial charge < -0.3 is 19.5 Å². The Kier molecular flexibility index (Phi) is 8.30. The minimum Gasteiger partial charge on any atom is -0.490 e. The van der Waals surface area contributed by atoms with E-state index < -0.39 is 22.0 Å². The molecular weight excluding hydrogens is 576 g/mol. The van der Waals surface area contributed by atoms with E-state index in [1.54, 1.807) is 24.3 Å². The summed E-state index contributed by atoms with van der Waals surface area (Å²) in [6.45, 7) is 2.10. The van der Waals surface area contributed by atoms with Crippen LogP contribution in [0.1, 0.15) is 53.6 Å². The highest BCUT2D eigenvalue weighted by atomic mass is 35.5. The Morgan fingerprint density at radius 2 is 2.07 bits per heavy atom. The van der Waals surface area contributed by atoms with E-state index in [1.165, 1.54) is 18.2 Å². The summed E-state index contributed by atoms with van der Waals surface area (Å²) in [6, 6.07) is 11.3. The number of anilines is 1. The van der Waals surface area contributed by atoms with Gasteiger partial charge in [0.25, 0.3) is 5.91 Å². The number of ether oxygens (including phenoxy) is 2. The van der Waals surface area contributed by atoms with Crippen LogP contribution >= 0.6 is 11.6 Å². The number of aryl methyl sites for hydroxylation is 1. The number of rotatable bonds is 2. The number of amides is 1. The van der Waals surface area contributed by atoms with Gasteiger partial charge in [0.05, 0.1) is 30.8 Å². The third kappa shape index (κ3) is 5.94. The normalized spacial score (nSPS) is 31.5. The Morgan fingerprint density at radius 1 is 1.21 bits per heavy atom. The maximum absolute atomic E-state index is 13.3. The Balaban J connectivity index is 1.40. The van der Waals surface area contributed by atoms with Crippen LogP contribution in [-0.2, 0) is 26.6 Å². The fourth-order valence-corrected chi connectivity index (χ4v) is 8.87. The van der Waals surface area contributed by atoms with Crippen molar-refractivity contribution in [2.75, 3.05) is 44.1 Å². The molecule has 0 aromatic heterocycles. The number of methoxy groups -OCH3 is 1. The summed E-state index contributed by atoms with van der Waals surface area (Å²) in [6.07, 6.45) is 8.35. The van der Waals surface area contributed by atoms with Crippen molar-refractivity contribution in [1.82, 2.24) is 4.72 Å². The largest absolute Gasteiger partial charge is 0.490 e. The average molecular weight is 615 g/mol. The van der Waals surface area contributed by atoms with E-state index in [0.29, 0.717) is 31.9 Å². The number of hydrogen-bond acceptors (Lipinski definition) is 7. The second-order valence-electron chi connectivity index (χ2n) is 12.5. The Bertz CT molecular complexity index is 1480. The molecule has 8 nitrogen and oxygen atoms in total. The molecule has 1 fully saturated rings. The molecule has 1 spiro atoms. The summed E-state index contributed by atoms with van der Waals surface area (Å²) in [4.78, 5) is 15.6. The molecule has 2 aromatic carbocycles. The van der Waals surface area contributed by atoms with Crippen LogP contribution in [0.5, 0.6) is 5.75 Å². The van der Waals surface area contributed by atoms with Crippen molar-refractivity contribution < 1.29 is 27.8 Å². The molecule has 6 rings (SSSR count). The quantitative estimate of drug-likeness (QED) is 0.481. The average Bonchev–Trinajstić information content (AvgIpc) is 3.07. The number of carbonyl (C=O) groups is 1. The van der Waals surface area contributed by atoms with Crippen molar-refractivity contribution >= 4 is 33.2 Å². The lowest BCUT2D eigenvalue weighted by molar-refractivity contribution is 0.0455. The van der Waals surface area contributed by atoms with Gasteiger partial charge in [-0.15, -0.1) is 0 Å². The highest BCUT2D eigenvalue weighted by Gasteiger charge is 2.44. The molecule has 0 unspecified atom stereocenters. The molecular formula is C32H39ClN2O6S. The van der Waals surface area contributed by atoms with Crippen molar-refractivity contribution in [3.05, 3.63) is 70.3 Å². The number of sulfonamides is 1. The van der Waals surface area contributed by atoms with Gasteiger partial charge in [0.2, 0.25) is 10.0 Å². The van der Waals surface area contributed by atoms with E-state index in [9.17, 15) is 18.3 Å². The SMILES string of the molecule is COC[C@H]1C/C=C/[C@H](O)[C@@H]2CC[C@H]2CN2C[C@@]3(CCCc4cc(Cl)ccc43)COc3ccc(cc32)C(=O)NS(=O)(=O)C1. The number of benzene rings is 2. The summed E-state index contributed by atoms with van der Waals surface area (Å²) < 4.78 is 40.1. The maximum atomic E-state index is 13.3. The Hall–Kier alpha value is -2.59.